The minimum absolute atomic E-state index is 0.0360. The fourth-order valence-corrected chi connectivity index (χ4v) is 9.13. The maximum Gasteiger partial charge on any atom is 0.197 e. The maximum atomic E-state index is 14.5. The van der Waals surface area contributed by atoms with Crippen molar-refractivity contribution in [1.82, 2.24) is 9.13 Å². The SMILES string of the molecule is Cn1c2cc3c(=O)c4cccc(-c5ccc6cc7ccccc7cc6c5)c4n(C)c3cc2c(=O)c2cccc(-c3ccc4cc5c(cc4c3)CCC=C5)c21. The van der Waals surface area contributed by atoms with Crippen molar-refractivity contribution in [1.29, 1.82) is 0 Å². The van der Waals surface area contributed by atoms with Crippen molar-refractivity contribution >= 4 is 82.0 Å². The largest absolute Gasteiger partial charge is 0.343 e. The van der Waals surface area contributed by atoms with E-state index in [1.807, 2.05) is 50.5 Å². The molecular weight excluding hydrogens is 661 g/mol. The van der Waals surface area contributed by atoms with Gasteiger partial charge in [-0.25, -0.2) is 0 Å². The van der Waals surface area contributed by atoms with Gasteiger partial charge in [-0.3, -0.25) is 9.59 Å². The van der Waals surface area contributed by atoms with Crippen LogP contribution in [0.5, 0.6) is 0 Å². The normalized spacial score (nSPS) is 12.9. The van der Waals surface area contributed by atoms with Crippen LogP contribution in [0.1, 0.15) is 17.5 Å². The van der Waals surface area contributed by atoms with Crippen LogP contribution in [-0.2, 0) is 20.5 Å². The fourth-order valence-electron chi connectivity index (χ4n) is 9.13. The number of fused-ring (bicyclic) bond motifs is 8. The van der Waals surface area contributed by atoms with Gasteiger partial charge in [0.25, 0.3) is 0 Å². The van der Waals surface area contributed by atoms with E-state index < -0.39 is 0 Å². The standard InChI is InChI=1S/C50H34N2O2/c1-51-45-27-44-46(52(2)48-40(14-8-16-42(48)50(44)54)36-20-18-34-22-30-10-4-6-12-32(30)24-38(34)26-36)28-43(45)49(53)41-15-7-13-39(47(41)51)35-19-17-33-21-29-9-3-5-11-31(29)23-37(33)25-35/h3-5,7-11,13-28H,6,12H2,1-2H3. The molecule has 0 atom stereocenters. The van der Waals surface area contributed by atoms with Crippen LogP contribution in [-0.4, -0.2) is 9.13 Å². The van der Waals surface area contributed by atoms with E-state index in [-0.39, 0.29) is 10.9 Å². The van der Waals surface area contributed by atoms with Gasteiger partial charge >= 0.3 is 0 Å². The number of hydrogen-bond donors (Lipinski definition) is 0. The highest BCUT2D eigenvalue weighted by Gasteiger charge is 2.19. The highest BCUT2D eigenvalue weighted by Crippen LogP contribution is 2.36. The van der Waals surface area contributed by atoms with Crippen molar-refractivity contribution in [3.05, 3.63) is 171 Å². The maximum absolute atomic E-state index is 14.5. The number of aryl methyl sites for hydroxylation is 3. The lowest BCUT2D eigenvalue weighted by Gasteiger charge is -2.18. The Balaban J connectivity index is 1.13. The fraction of sp³-hybridized carbons (Fsp3) is 0.0800. The molecule has 4 nitrogen and oxygen atoms in total. The molecule has 0 saturated heterocycles. The monoisotopic (exact) mass is 694 g/mol. The molecule has 11 rings (SSSR count). The van der Waals surface area contributed by atoms with Crippen molar-refractivity contribution < 1.29 is 0 Å². The van der Waals surface area contributed by atoms with Crippen molar-refractivity contribution in [2.24, 2.45) is 14.1 Å². The highest BCUT2D eigenvalue weighted by molar-refractivity contribution is 6.09. The summed E-state index contributed by atoms with van der Waals surface area (Å²) in [4.78, 5) is 29.0. The lowest BCUT2D eigenvalue weighted by Crippen LogP contribution is -2.14. The van der Waals surface area contributed by atoms with Crippen LogP contribution >= 0.6 is 0 Å². The molecule has 0 N–H and O–H groups in total. The zero-order valence-corrected chi connectivity index (χ0v) is 30.0. The molecule has 0 aliphatic heterocycles. The molecule has 2 aromatic heterocycles. The van der Waals surface area contributed by atoms with Gasteiger partial charge in [0.15, 0.2) is 10.9 Å². The number of nitrogens with zero attached hydrogens (tertiary/aromatic N) is 2. The summed E-state index contributed by atoms with van der Waals surface area (Å²) in [5.74, 6) is 0. The van der Waals surface area contributed by atoms with Gasteiger partial charge in [0.1, 0.15) is 0 Å². The Morgan fingerprint density at radius 1 is 0.463 bits per heavy atom. The first-order chi connectivity index (χ1) is 26.4. The summed E-state index contributed by atoms with van der Waals surface area (Å²) in [5, 5.41) is 9.63. The molecule has 0 bridgehead atoms. The van der Waals surface area contributed by atoms with Crippen LogP contribution < -0.4 is 10.9 Å². The van der Waals surface area contributed by atoms with E-state index in [1.165, 1.54) is 38.1 Å². The van der Waals surface area contributed by atoms with E-state index in [9.17, 15) is 9.59 Å². The minimum Gasteiger partial charge on any atom is -0.343 e. The zero-order chi connectivity index (χ0) is 36.2. The predicted octanol–water partition coefficient (Wildman–Crippen LogP) is 11.4. The molecule has 0 saturated carbocycles. The van der Waals surface area contributed by atoms with E-state index in [1.54, 1.807) is 0 Å². The summed E-state index contributed by atoms with van der Waals surface area (Å²) in [5.41, 5.74) is 9.85. The van der Waals surface area contributed by atoms with Crippen molar-refractivity contribution in [2.45, 2.75) is 12.8 Å². The Morgan fingerprint density at radius 3 is 1.57 bits per heavy atom. The summed E-state index contributed by atoms with van der Waals surface area (Å²) in [6.07, 6.45) is 6.58. The molecule has 0 spiro atoms. The topological polar surface area (TPSA) is 44.0 Å². The second-order valence-electron chi connectivity index (χ2n) is 14.9. The van der Waals surface area contributed by atoms with E-state index in [0.717, 1.165) is 62.5 Å². The van der Waals surface area contributed by atoms with E-state index in [0.29, 0.717) is 21.5 Å². The molecule has 4 heteroatoms. The van der Waals surface area contributed by atoms with Crippen LogP contribution in [0.15, 0.2) is 149 Å². The average Bonchev–Trinajstić information content (AvgIpc) is 3.21. The Hall–Kier alpha value is -6.78. The number of benzene rings is 8. The number of aromatic nitrogens is 2. The Bertz CT molecular complexity index is 3460. The molecule has 0 radical (unpaired) electrons. The average molecular weight is 695 g/mol. The Morgan fingerprint density at radius 2 is 0.981 bits per heavy atom. The summed E-state index contributed by atoms with van der Waals surface area (Å²) < 4.78 is 4.19. The van der Waals surface area contributed by atoms with Crippen molar-refractivity contribution in [3.63, 3.8) is 0 Å². The third kappa shape index (κ3) is 4.43. The van der Waals surface area contributed by atoms with Gasteiger partial charge < -0.3 is 9.13 Å². The number of rotatable bonds is 2. The Labute approximate surface area is 310 Å². The van der Waals surface area contributed by atoms with Crippen LogP contribution in [0.2, 0.25) is 0 Å². The number of hydrogen-bond acceptors (Lipinski definition) is 2. The lowest BCUT2D eigenvalue weighted by atomic mass is 9.92. The van der Waals surface area contributed by atoms with E-state index in [4.69, 9.17) is 0 Å². The lowest BCUT2D eigenvalue weighted by molar-refractivity contribution is 0.989. The number of allylic oxidation sites excluding steroid dienone is 1. The molecule has 8 aromatic carbocycles. The number of para-hydroxylation sites is 2. The smallest absolute Gasteiger partial charge is 0.197 e. The van der Waals surface area contributed by atoms with Crippen LogP contribution in [0.25, 0.3) is 104 Å². The van der Waals surface area contributed by atoms with Gasteiger partial charge in [0.05, 0.1) is 22.1 Å². The predicted molar refractivity (Wildman–Crippen MR) is 228 cm³/mol. The quantitative estimate of drug-likeness (QED) is 0.169. The first-order valence-electron chi connectivity index (χ1n) is 18.6. The van der Waals surface area contributed by atoms with Crippen LogP contribution in [0, 0.1) is 0 Å². The summed E-state index contributed by atoms with van der Waals surface area (Å²) in [6.45, 7) is 0. The highest BCUT2D eigenvalue weighted by atomic mass is 16.1. The third-order valence-corrected chi connectivity index (χ3v) is 11.9. The third-order valence-electron chi connectivity index (χ3n) is 11.9. The molecule has 256 valence electrons. The molecule has 1 aliphatic carbocycles. The molecule has 0 unspecified atom stereocenters. The zero-order valence-electron chi connectivity index (χ0n) is 30.0. The molecule has 2 heterocycles. The minimum atomic E-state index is -0.0397. The van der Waals surface area contributed by atoms with Crippen molar-refractivity contribution in [2.75, 3.05) is 0 Å². The van der Waals surface area contributed by atoms with Gasteiger partial charge in [0.2, 0.25) is 0 Å². The van der Waals surface area contributed by atoms with Gasteiger partial charge in [-0.1, -0.05) is 91.0 Å². The molecule has 1 aliphatic rings. The molecule has 10 aromatic rings. The summed E-state index contributed by atoms with van der Waals surface area (Å²) >= 11 is 0. The summed E-state index contributed by atoms with van der Waals surface area (Å²) in [7, 11) is 4.01. The first-order valence-corrected chi connectivity index (χ1v) is 18.6. The first kappa shape index (κ1) is 30.8. The van der Waals surface area contributed by atoms with E-state index >= 15 is 0 Å². The molecular formula is C50H34N2O2. The van der Waals surface area contributed by atoms with Gasteiger partial charge in [-0.05, 0) is 122 Å². The second kappa shape index (κ2) is 11.4. The molecule has 54 heavy (non-hydrogen) atoms. The van der Waals surface area contributed by atoms with Crippen LogP contribution in [0.4, 0.5) is 0 Å². The van der Waals surface area contributed by atoms with Crippen LogP contribution in [0.3, 0.4) is 0 Å². The number of pyridine rings is 2. The van der Waals surface area contributed by atoms with Gasteiger partial charge in [-0.15, -0.1) is 0 Å². The van der Waals surface area contributed by atoms with Gasteiger partial charge in [0, 0.05) is 46.8 Å². The van der Waals surface area contributed by atoms with Crippen molar-refractivity contribution in [3.8, 4) is 22.3 Å². The second-order valence-corrected chi connectivity index (χ2v) is 14.9. The van der Waals surface area contributed by atoms with Gasteiger partial charge in [-0.2, -0.15) is 0 Å². The van der Waals surface area contributed by atoms with E-state index in [2.05, 4.69) is 118 Å². The summed E-state index contributed by atoms with van der Waals surface area (Å²) in [6, 6.07) is 46.4. The molecule has 0 amide bonds. The Kier molecular flexibility index (Phi) is 6.48. The molecule has 0 fully saturated rings.